The van der Waals surface area contributed by atoms with Crippen molar-refractivity contribution in [2.75, 3.05) is 13.7 Å². The molecule has 1 aromatic heterocycles. The Balaban J connectivity index is 1.74. The van der Waals surface area contributed by atoms with Crippen LogP contribution in [0.1, 0.15) is 22.5 Å². The van der Waals surface area contributed by atoms with Crippen molar-refractivity contribution in [3.63, 3.8) is 0 Å². The number of hydrogen-bond donors (Lipinski definition) is 3. The van der Waals surface area contributed by atoms with Crippen molar-refractivity contribution >= 4 is 34.4 Å². The van der Waals surface area contributed by atoms with Gasteiger partial charge in [0.1, 0.15) is 11.7 Å². The number of nitrogens with one attached hydrogen (secondary N) is 3. The lowest BCUT2D eigenvalue weighted by atomic mass is 10.1. The number of amides is 1. The molecule has 0 radical (unpaired) electrons. The highest BCUT2D eigenvalue weighted by molar-refractivity contribution is 6.31. The summed E-state index contributed by atoms with van der Waals surface area (Å²) in [6.45, 7) is 2.42. The van der Waals surface area contributed by atoms with Gasteiger partial charge in [0.05, 0.1) is 7.11 Å². The average Bonchev–Trinajstić information content (AvgIpc) is 3.12. The smallest absolute Gasteiger partial charge is 0.322 e. The van der Waals surface area contributed by atoms with Crippen molar-refractivity contribution in [1.82, 2.24) is 15.6 Å². The number of carbonyl (C=O) groups excluding carboxylic acids is 2. The molecule has 1 aromatic carbocycles. The van der Waals surface area contributed by atoms with Crippen LogP contribution in [0.5, 0.6) is 0 Å². The van der Waals surface area contributed by atoms with Crippen LogP contribution in [-0.4, -0.2) is 42.6 Å². The Kier molecular flexibility index (Phi) is 4.28. The third-order valence-corrected chi connectivity index (χ3v) is 4.43. The van der Waals surface area contributed by atoms with Gasteiger partial charge in [-0.25, -0.2) is 0 Å². The Bertz CT molecular complexity index is 771. The molecular weight excluding hydrogens is 318 g/mol. The number of fused-ring (bicyclic) bond motifs is 1. The van der Waals surface area contributed by atoms with Crippen LogP contribution in [0.3, 0.4) is 0 Å². The van der Waals surface area contributed by atoms with E-state index in [0.29, 0.717) is 23.7 Å². The van der Waals surface area contributed by atoms with Crippen molar-refractivity contribution in [3.8, 4) is 0 Å². The van der Waals surface area contributed by atoms with Gasteiger partial charge in [0.2, 0.25) is 0 Å². The van der Waals surface area contributed by atoms with Crippen LogP contribution in [0.2, 0.25) is 5.02 Å². The topological polar surface area (TPSA) is 83.2 Å². The number of esters is 1. The van der Waals surface area contributed by atoms with E-state index in [9.17, 15) is 9.59 Å². The molecular formula is C16H18ClN3O3. The van der Waals surface area contributed by atoms with E-state index in [2.05, 4.69) is 15.6 Å². The molecule has 23 heavy (non-hydrogen) atoms. The summed E-state index contributed by atoms with van der Waals surface area (Å²) in [5.74, 6) is -0.495. The van der Waals surface area contributed by atoms with Crippen LogP contribution in [0.4, 0.5) is 0 Å². The fraction of sp³-hybridized carbons (Fsp3) is 0.375. The Hall–Kier alpha value is -2.05. The number of aryl methyl sites for hydroxylation is 1. The number of aromatic nitrogens is 1. The summed E-state index contributed by atoms with van der Waals surface area (Å²) < 4.78 is 4.71. The summed E-state index contributed by atoms with van der Waals surface area (Å²) in [5, 5.41) is 7.56. The molecule has 1 aliphatic rings. The molecule has 0 unspecified atom stereocenters. The number of H-pyrrole nitrogens is 1. The number of hydrogen-bond acceptors (Lipinski definition) is 4. The average molecular weight is 336 g/mol. The van der Waals surface area contributed by atoms with Gasteiger partial charge >= 0.3 is 5.97 Å². The molecule has 1 aliphatic heterocycles. The lowest BCUT2D eigenvalue weighted by Crippen LogP contribution is -2.36. The summed E-state index contributed by atoms with van der Waals surface area (Å²) in [7, 11) is 1.36. The number of carbonyl (C=O) groups is 2. The van der Waals surface area contributed by atoms with E-state index in [-0.39, 0.29) is 24.0 Å². The first kappa shape index (κ1) is 15.8. The molecule has 0 aliphatic carbocycles. The largest absolute Gasteiger partial charge is 0.468 e. The van der Waals surface area contributed by atoms with Gasteiger partial charge in [0.15, 0.2) is 0 Å². The van der Waals surface area contributed by atoms with Gasteiger partial charge in [0, 0.05) is 28.5 Å². The highest BCUT2D eigenvalue weighted by Crippen LogP contribution is 2.25. The van der Waals surface area contributed by atoms with Crippen molar-refractivity contribution in [3.05, 3.63) is 34.5 Å². The SMILES string of the molecule is COC(=O)[C@H]1C[C@H](NC(=O)c2[nH]c3ccc(Cl)cc3c2C)CN1. The highest BCUT2D eigenvalue weighted by Gasteiger charge is 2.31. The van der Waals surface area contributed by atoms with Crippen molar-refractivity contribution in [2.45, 2.75) is 25.4 Å². The number of rotatable bonds is 3. The summed E-state index contributed by atoms with van der Waals surface area (Å²) in [6, 6.07) is 4.99. The zero-order valence-electron chi connectivity index (χ0n) is 12.9. The van der Waals surface area contributed by atoms with Crippen molar-refractivity contribution < 1.29 is 14.3 Å². The maximum absolute atomic E-state index is 12.5. The van der Waals surface area contributed by atoms with Gasteiger partial charge in [-0.3, -0.25) is 9.59 Å². The minimum Gasteiger partial charge on any atom is -0.468 e. The molecule has 2 aromatic rings. The van der Waals surface area contributed by atoms with Gasteiger partial charge < -0.3 is 20.4 Å². The molecule has 1 fully saturated rings. The molecule has 0 bridgehead atoms. The fourth-order valence-corrected chi connectivity index (χ4v) is 3.12. The molecule has 2 heterocycles. The van der Waals surface area contributed by atoms with Crippen LogP contribution in [0.15, 0.2) is 18.2 Å². The number of halogens is 1. The molecule has 7 heteroatoms. The molecule has 6 nitrogen and oxygen atoms in total. The lowest BCUT2D eigenvalue weighted by Gasteiger charge is -2.11. The van der Waals surface area contributed by atoms with Gasteiger partial charge in [-0.05, 0) is 37.1 Å². The Morgan fingerprint density at radius 1 is 1.39 bits per heavy atom. The molecule has 1 saturated heterocycles. The Morgan fingerprint density at radius 2 is 2.17 bits per heavy atom. The predicted molar refractivity (Wildman–Crippen MR) is 87.7 cm³/mol. The Morgan fingerprint density at radius 3 is 2.91 bits per heavy atom. The van der Waals surface area contributed by atoms with Gasteiger partial charge in [-0.1, -0.05) is 11.6 Å². The number of ether oxygens (including phenoxy) is 1. The zero-order chi connectivity index (χ0) is 16.6. The van der Waals surface area contributed by atoms with E-state index < -0.39 is 0 Å². The maximum atomic E-state index is 12.5. The summed E-state index contributed by atoms with van der Waals surface area (Å²) in [4.78, 5) is 27.1. The van der Waals surface area contributed by atoms with E-state index in [1.807, 2.05) is 19.1 Å². The highest BCUT2D eigenvalue weighted by atomic mass is 35.5. The third kappa shape index (κ3) is 3.04. The van der Waals surface area contributed by atoms with E-state index in [0.717, 1.165) is 16.5 Å². The summed E-state index contributed by atoms with van der Waals surface area (Å²) in [5.41, 5.74) is 2.24. The van der Waals surface area contributed by atoms with Crippen molar-refractivity contribution in [1.29, 1.82) is 0 Å². The third-order valence-electron chi connectivity index (χ3n) is 4.20. The quantitative estimate of drug-likeness (QED) is 0.746. The number of aromatic amines is 1. The van der Waals surface area contributed by atoms with Gasteiger partial charge in [0.25, 0.3) is 5.91 Å². The first-order valence-electron chi connectivity index (χ1n) is 7.39. The second-order valence-electron chi connectivity index (χ2n) is 5.70. The standard InChI is InChI=1S/C16H18ClN3O3/c1-8-11-5-9(17)3-4-12(11)20-14(8)15(21)19-10-6-13(18-7-10)16(22)23-2/h3-5,10,13,18,20H,6-7H2,1-2H3,(H,19,21)/t10-,13+/m0/s1. The second kappa shape index (κ2) is 6.22. The first-order valence-corrected chi connectivity index (χ1v) is 7.77. The van der Waals surface area contributed by atoms with Crippen LogP contribution in [0.25, 0.3) is 10.9 Å². The fourth-order valence-electron chi connectivity index (χ4n) is 2.95. The number of methoxy groups -OCH3 is 1. The lowest BCUT2D eigenvalue weighted by molar-refractivity contribution is -0.142. The van der Waals surface area contributed by atoms with Crippen LogP contribution >= 0.6 is 11.6 Å². The molecule has 3 rings (SSSR count). The monoisotopic (exact) mass is 335 g/mol. The second-order valence-corrected chi connectivity index (χ2v) is 6.14. The van der Waals surface area contributed by atoms with E-state index in [4.69, 9.17) is 16.3 Å². The zero-order valence-corrected chi connectivity index (χ0v) is 13.7. The van der Waals surface area contributed by atoms with Gasteiger partial charge in [-0.15, -0.1) is 0 Å². The van der Waals surface area contributed by atoms with E-state index in [1.54, 1.807) is 6.07 Å². The molecule has 0 spiro atoms. The summed E-state index contributed by atoms with van der Waals surface area (Å²) in [6.07, 6.45) is 0.517. The molecule has 0 saturated carbocycles. The predicted octanol–water partition coefficient (Wildman–Crippen LogP) is 1.76. The molecule has 1 amide bonds. The number of benzene rings is 1. The van der Waals surface area contributed by atoms with Crippen LogP contribution in [-0.2, 0) is 9.53 Å². The minimum absolute atomic E-state index is 0.110. The van der Waals surface area contributed by atoms with Crippen molar-refractivity contribution in [2.24, 2.45) is 0 Å². The maximum Gasteiger partial charge on any atom is 0.322 e. The summed E-state index contributed by atoms with van der Waals surface area (Å²) >= 11 is 6.01. The molecule has 3 N–H and O–H groups in total. The minimum atomic E-state index is -0.368. The van der Waals surface area contributed by atoms with Crippen LogP contribution < -0.4 is 10.6 Å². The van der Waals surface area contributed by atoms with E-state index in [1.165, 1.54) is 7.11 Å². The Labute approximate surface area is 138 Å². The van der Waals surface area contributed by atoms with E-state index >= 15 is 0 Å². The molecule has 122 valence electrons. The molecule has 2 atom stereocenters. The van der Waals surface area contributed by atoms with Crippen LogP contribution in [0, 0.1) is 6.92 Å². The first-order chi connectivity index (χ1) is 11.0. The normalized spacial score (nSPS) is 20.7. The van der Waals surface area contributed by atoms with Gasteiger partial charge in [-0.2, -0.15) is 0 Å².